The molecule has 6 nitrogen and oxygen atoms in total. The fraction of sp³-hybridized carbons (Fsp3) is 0.0714. The Kier molecular flexibility index (Phi) is 7.73. The summed E-state index contributed by atoms with van der Waals surface area (Å²) >= 11 is 0. The number of halogens is 6. The van der Waals surface area contributed by atoms with E-state index in [-0.39, 0.29) is 22.5 Å². The van der Waals surface area contributed by atoms with Gasteiger partial charge in [-0.2, -0.15) is 36.9 Å². The van der Waals surface area contributed by atoms with Crippen LogP contribution in [0.25, 0.3) is 34.7 Å². The summed E-state index contributed by atoms with van der Waals surface area (Å²) in [6.07, 6.45) is -1.97. The monoisotopic (exact) mass is 548 g/mol. The minimum Gasteiger partial charge on any atom is -0.255 e. The zero-order chi connectivity index (χ0) is 28.9. The first kappa shape index (κ1) is 27.7. The van der Waals surface area contributed by atoms with Crippen LogP contribution >= 0.6 is 0 Å². The van der Waals surface area contributed by atoms with E-state index >= 15 is 0 Å². The van der Waals surface area contributed by atoms with E-state index in [1.165, 1.54) is 24.5 Å². The average Bonchev–Trinajstić information content (AvgIpc) is 2.94. The van der Waals surface area contributed by atoms with Crippen molar-refractivity contribution in [2.24, 2.45) is 0 Å². The van der Waals surface area contributed by atoms with Gasteiger partial charge in [-0.05, 0) is 59.7 Å². The van der Waals surface area contributed by atoms with Gasteiger partial charge in [-0.1, -0.05) is 12.1 Å². The minimum atomic E-state index is -4.54. The maximum Gasteiger partial charge on any atom is 0.417 e. The molecule has 0 saturated carbocycles. The summed E-state index contributed by atoms with van der Waals surface area (Å²) in [5, 5.41) is 18.9. The number of aromatic nitrogens is 4. The summed E-state index contributed by atoms with van der Waals surface area (Å²) in [6, 6.07) is 14.3. The molecule has 4 aromatic heterocycles. The number of rotatable bonds is 5. The molecule has 198 valence electrons. The van der Waals surface area contributed by atoms with E-state index in [2.05, 4.69) is 19.9 Å². The third-order valence-electron chi connectivity index (χ3n) is 5.43. The number of hydrogen-bond acceptors (Lipinski definition) is 6. The number of hydrogen-bond donors (Lipinski definition) is 0. The lowest BCUT2D eigenvalue weighted by atomic mass is 10.1. The van der Waals surface area contributed by atoms with Gasteiger partial charge in [0.05, 0.1) is 45.0 Å². The molecule has 4 heterocycles. The second-order valence-electron chi connectivity index (χ2n) is 8.15. The topological polar surface area (TPSA) is 99.1 Å². The molecule has 40 heavy (non-hydrogen) atoms. The SMILES string of the molecule is N#C/C(=C\c1ccc(-c2ccc(/C=C(\C#N)c3ccc(C(F)(F)F)cn3)cn2)nc1)c1ccc(C(F)(F)F)cn1. The first-order chi connectivity index (χ1) is 19.0. The Morgan fingerprint density at radius 1 is 0.550 bits per heavy atom. The summed E-state index contributed by atoms with van der Waals surface area (Å²) < 4.78 is 76.5. The predicted molar refractivity (Wildman–Crippen MR) is 133 cm³/mol. The van der Waals surface area contributed by atoms with Crippen LogP contribution in [-0.4, -0.2) is 19.9 Å². The first-order valence-corrected chi connectivity index (χ1v) is 11.2. The molecule has 0 aliphatic rings. The molecular weight excluding hydrogens is 534 g/mol. The fourth-order valence-corrected chi connectivity index (χ4v) is 3.39. The van der Waals surface area contributed by atoms with Gasteiger partial charge in [-0.3, -0.25) is 19.9 Å². The van der Waals surface area contributed by atoms with Crippen molar-refractivity contribution in [3.05, 3.63) is 107 Å². The maximum atomic E-state index is 12.8. The van der Waals surface area contributed by atoms with Gasteiger partial charge in [0.15, 0.2) is 0 Å². The van der Waals surface area contributed by atoms with Crippen LogP contribution in [0.2, 0.25) is 0 Å². The van der Waals surface area contributed by atoms with E-state index < -0.39 is 23.5 Å². The van der Waals surface area contributed by atoms with E-state index in [4.69, 9.17) is 0 Å². The van der Waals surface area contributed by atoms with Crippen molar-refractivity contribution in [3.8, 4) is 23.5 Å². The van der Waals surface area contributed by atoms with E-state index in [0.717, 1.165) is 24.3 Å². The number of nitriles is 2. The Morgan fingerprint density at radius 3 is 1.20 bits per heavy atom. The Hall–Kier alpha value is -5.36. The lowest BCUT2D eigenvalue weighted by Crippen LogP contribution is -2.05. The molecule has 4 aromatic rings. The van der Waals surface area contributed by atoms with Gasteiger partial charge in [0.25, 0.3) is 0 Å². The summed E-state index contributed by atoms with van der Waals surface area (Å²) in [4.78, 5) is 16.1. The quantitative estimate of drug-likeness (QED) is 0.195. The highest BCUT2D eigenvalue weighted by Gasteiger charge is 2.31. The highest BCUT2D eigenvalue weighted by atomic mass is 19.4. The molecule has 0 N–H and O–H groups in total. The molecular formula is C28H14F6N6. The zero-order valence-electron chi connectivity index (χ0n) is 20.0. The molecule has 0 fully saturated rings. The Labute approximate surface area is 223 Å². The molecule has 0 unspecified atom stereocenters. The fourth-order valence-electron chi connectivity index (χ4n) is 3.39. The molecule has 0 aliphatic heterocycles. The Balaban J connectivity index is 1.50. The molecule has 0 radical (unpaired) electrons. The van der Waals surface area contributed by atoms with Crippen molar-refractivity contribution in [2.75, 3.05) is 0 Å². The first-order valence-electron chi connectivity index (χ1n) is 11.2. The van der Waals surface area contributed by atoms with E-state index in [9.17, 15) is 36.9 Å². The van der Waals surface area contributed by atoms with Crippen LogP contribution in [0.15, 0.2) is 73.3 Å². The van der Waals surface area contributed by atoms with Crippen molar-refractivity contribution >= 4 is 23.3 Å². The van der Waals surface area contributed by atoms with Gasteiger partial charge in [-0.25, -0.2) is 0 Å². The number of allylic oxidation sites excluding steroid dienone is 2. The molecule has 0 bridgehead atoms. The summed E-state index contributed by atoms with van der Waals surface area (Å²) in [5.74, 6) is 0. The third kappa shape index (κ3) is 6.55. The number of pyridine rings is 4. The molecule has 12 heteroatoms. The second kappa shape index (κ2) is 11.2. The molecule has 0 aliphatic carbocycles. The normalized spacial score (nSPS) is 12.5. The van der Waals surface area contributed by atoms with Crippen molar-refractivity contribution in [1.82, 2.24) is 19.9 Å². The zero-order valence-corrected chi connectivity index (χ0v) is 20.0. The van der Waals surface area contributed by atoms with Crippen molar-refractivity contribution < 1.29 is 26.3 Å². The van der Waals surface area contributed by atoms with Gasteiger partial charge in [0.1, 0.15) is 12.1 Å². The molecule has 0 aromatic carbocycles. The van der Waals surface area contributed by atoms with Gasteiger partial charge < -0.3 is 0 Å². The molecule has 0 saturated heterocycles. The summed E-state index contributed by atoms with van der Waals surface area (Å²) in [7, 11) is 0. The molecule has 0 amide bonds. The third-order valence-corrected chi connectivity index (χ3v) is 5.43. The number of nitrogens with zero attached hydrogens (tertiary/aromatic N) is 6. The van der Waals surface area contributed by atoms with Crippen LogP contribution < -0.4 is 0 Å². The van der Waals surface area contributed by atoms with Gasteiger partial charge in [-0.15, -0.1) is 0 Å². The minimum absolute atomic E-state index is 0.0494. The average molecular weight is 548 g/mol. The molecule has 4 rings (SSSR count). The van der Waals surface area contributed by atoms with Crippen LogP contribution in [0.3, 0.4) is 0 Å². The Bertz CT molecular complexity index is 1510. The standard InChI is InChI=1S/C28H14F6N6/c29-27(30,31)21-3-7-23(39-15-21)19(11-35)9-17-1-5-25(37-13-17)26-6-2-18(14-38-26)10-20(12-36)24-8-4-22(16-40-24)28(32,33)34/h1-10,13-16H/b19-9+,20-10+. The van der Waals surface area contributed by atoms with E-state index in [0.29, 0.717) is 34.9 Å². The lowest BCUT2D eigenvalue weighted by Gasteiger charge is -2.07. The maximum absolute atomic E-state index is 12.8. The van der Waals surface area contributed by atoms with Crippen molar-refractivity contribution in [1.29, 1.82) is 10.5 Å². The van der Waals surface area contributed by atoms with Crippen LogP contribution in [0.4, 0.5) is 26.3 Å². The van der Waals surface area contributed by atoms with Crippen molar-refractivity contribution in [3.63, 3.8) is 0 Å². The Morgan fingerprint density at radius 2 is 0.950 bits per heavy atom. The van der Waals surface area contributed by atoms with Crippen LogP contribution in [0.5, 0.6) is 0 Å². The van der Waals surface area contributed by atoms with Crippen LogP contribution in [0, 0.1) is 22.7 Å². The largest absolute Gasteiger partial charge is 0.417 e. The van der Waals surface area contributed by atoms with Crippen molar-refractivity contribution in [2.45, 2.75) is 12.4 Å². The molecule has 0 atom stereocenters. The van der Waals surface area contributed by atoms with E-state index in [1.54, 1.807) is 24.3 Å². The summed E-state index contributed by atoms with van der Waals surface area (Å²) in [6.45, 7) is 0. The summed E-state index contributed by atoms with van der Waals surface area (Å²) in [5.41, 5.74) is 0.367. The van der Waals surface area contributed by atoms with Crippen LogP contribution in [-0.2, 0) is 12.4 Å². The van der Waals surface area contributed by atoms with Crippen LogP contribution in [0.1, 0.15) is 33.6 Å². The smallest absolute Gasteiger partial charge is 0.255 e. The van der Waals surface area contributed by atoms with Gasteiger partial charge in [0.2, 0.25) is 0 Å². The molecule has 0 spiro atoms. The predicted octanol–water partition coefficient (Wildman–Crippen LogP) is 7.10. The van der Waals surface area contributed by atoms with Gasteiger partial charge >= 0.3 is 12.4 Å². The second-order valence-corrected chi connectivity index (χ2v) is 8.15. The van der Waals surface area contributed by atoms with Gasteiger partial charge in [0, 0.05) is 24.8 Å². The highest BCUT2D eigenvalue weighted by Crippen LogP contribution is 2.30. The lowest BCUT2D eigenvalue weighted by molar-refractivity contribution is -0.138. The highest BCUT2D eigenvalue weighted by molar-refractivity contribution is 5.89. The van der Waals surface area contributed by atoms with E-state index in [1.807, 2.05) is 12.1 Å². The number of alkyl halides is 6.